The fourth-order valence-corrected chi connectivity index (χ4v) is 3.60. The highest BCUT2D eigenvalue weighted by atomic mass is 16.5. The summed E-state index contributed by atoms with van der Waals surface area (Å²) in [5, 5.41) is 4.78. The van der Waals surface area contributed by atoms with E-state index in [9.17, 15) is 4.79 Å². The summed E-state index contributed by atoms with van der Waals surface area (Å²) < 4.78 is 14.3. The maximum atomic E-state index is 13.1. The lowest BCUT2D eigenvalue weighted by molar-refractivity contribution is 0.271. The molecule has 3 heterocycles. The van der Waals surface area contributed by atoms with Gasteiger partial charge in [-0.15, -0.1) is 0 Å². The van der Waals surface area contributed by atoms with Gasteiger partial charge in [0.1, 0.15) is 5.82 Å². The molecule has 0 unspecified atom stereocenters. The first-order chi connectivity index (χ1) is 13.1. The molecule has 1 aromatic carbocycles. The van der Waals surface area contributed by atoms with Crippen molar-refractivity contribution in [1.29, 1.82) is 0 Å². The molecule has 8 nitrogen and oxygen atoms in total. The average molecular weight is 369 g/mol. The van der Waals surface area contributed by atoms with Crippen molar-refractivity contribution in [3.63, 3.8) is 0 Å². The number of nitrogens with zero attached hydrogens (tertiary/aromatic N) is 5. The molecular weight excluding hydrogens is 346 g/mol. The molecule has 0 amide bonds. The van der Waals surface area contributed by atoms with E-state index in [-0.39, 0.29) is 5.56 Å². The second-order valence-electron chi connectivity index (χ2n) is 6.76. The van der Waals surface area contributed by atoms with Gasteiger partial charge in [0.25, 0.3) is 5.56 Å². The molecule has 0 aliphatic carbocycles. The van der Waals surface area contributed by atoms with Crippen LogP contribution in [0, 0.1) is 0 Å². The minimum atomic E-state index is -0.0285. The van der Waals surface area contributed by atoms with E-state index in [1.165, 1.54) is 5.56 Å². The van der Waals surface area contributed by atoms with Gasteiger partial charge >= 0.3 is 0 Å². The largest absolute Gasteiger partial charge is 0.493 e. The van der Waals surface area contributed by atoms with E-state index in [0.717, 1.165) is 31.9 Å². The van der Waals surface area contributed by atoms with Gasteiger partial charge in [-0.1, -0.05) is 0 Å². The molecule has 0 spiro atoms. The minimum absolute atomic E-state index is 0.0285. The third kappa shape index (κ3) is 3.28. The normalized spacial score (nSPS) is 14.8. The molecular formula is C19H23N5O3. The highest BCUT2D eigenvalue weighted by Gasteiger charge is 2.19. The minimum Gasteiger partial charge on any atom is -0.493 e. The molecule has 142 valence electrons. The molecule has 0 saturated heterocycles. The number of aryl methyl sites for hydroxylation is 1. The second kappa shape index (κ2) is 7.03. The molecule has 8 heteroatoms. The third-order valence-corrected chi connectivity index (χ3v) is 4.99. The Labute approximate surface area is 156 Å². The molecule has 0 fully saturated rings. The zero-order valence-electron chi connectivity index (χ0n) is 15.8. The summed E-state index contributed by atoms with van der Waals surface area (Å²) in [6.45, 7) is 3.08. The molecule has 4 rings (SSSR count). The van der Waals surface area contributed by atoms with Crippen molar-refractivity contribution in [3.8, 4) is 11.5 Å². The van der Waals surface area contributed by atoms with Crippen LogP contribution >= 0.6 is 0 Å². The Morgan fingerprint density at radius 1 is 1.11 bits per heavy atom. The second-order valence-corrected chi connectivity index (χ2v) is 6.76. The smallest absolute Gasteiger partial charge is 0.261 e. The lowest BCUT2D eigenvalue weighted by Gasteiger charge is -2.18. The van der Waals surface area contributed by atoms with Crippen molar-refractivity contribution in [2.75, 3.05) is 27.3 Å². The zero-order valence-corrected chi connectivity index (χ0v) is 15.8. The summed E-state index contributed by atoms with van der Waals surface area (Å²) in [7, 11) is 5.06. The van der Waals surface area contributed by atoms with E-state index in [1.807, 2.05) is 19.4 Å². The summed E-state index contributed by atoms with van der Waals surface area (Å²) in [4.78, 5) is 20.1. The maximum absolute atomic E-state index is 13.1. The SMILES string of the molecule is COc1cc2nc3n(c(=O)c2cc1OC)CCN(Cc1cnn(C)c1)CC3. The number of fused-ring (bicyclic) bond motifs is 2. The molecule has 1 aliphatic heterocycles. The number of hydrogen-bond donors (Lipinski definition) is 0. The van der Waals surface area contributed by atoms with Crippen LogP contribution in [0.2, 0.25) is 0 Å². The monoisotopic (exact) mass is 369 g/mol. The highest BCUT2D eigenvalue weighted by molar-refractivity contribution is 5.82. The number of hydrogen-bond acceptors (Lipinski definition) is 6. The first-order valence-corrected chi connectivity index (χ1v) is 8.94. The Bertz CT molecular complexity index is 1040. The van der Waals surface area contributed by atoms with Crippen LogP contribution in [0.15, 0.2) is 29.3 Å². The lowest BCUT2D eigenvalue weighted by Crippen LogP contribution is -2.28. The Morgan fingerprint density at radius 3 is 2.59 bits per heavy atom. The van der Waals surface area contributed by atoms with Gasteiger partial charge < -0.3 is 9.47 Å². The van der Waals surface area contributed by atoms with Gasteiger partial charge in [-0.3, -0.25) is 18.9 Å². The molecule has 1 aliphatic rings. The molecule has 27 heavy (non-hydrogen) atoms. The number of methoxy groups -OCH3 is 2. The molecule has 0 N–H and O–H groups in total. The summed E-state index contributed by atoms with van der Waals surface area (Å²) in [6.07, 6.45) is 4.63. The standard InChI is InChI=1S/C19H23N5O3/c1-22-11-13(10-20-22)12-23-5-4-18-21-15-9-17(27-3)16(26-2)8-14(15)19(25)24(18)7-6-23/h8-11H,4-7,12H2,1-3H3. The van der Waals surface area contributed by atoms with Crippen molar-refractivity contribution < 1.29 is 9.47 Å². The van der Waals surface area contributed by atoms with Crippen LogP contribution in [0.25, 0.3) is 10.9 Å². The Kier molecular flexibility index (Phi) is 4.57. The molecule has 0 atom stereocenters. The Balaban J connectivity index is 1.67. The maximum Gasteiger partial charge on any atom is 0.261 e. The predicted molar refractivity (Wildman–Crippen MR) is 101 cm³/mol. The van der Waals surface area contributed by atoms with E-state index in [2.05, 4.69) is 10.00 Å². The van der Waals surface area contributed by atoms with E-state index in [4.69, 9.17) is 14.5 Å². The first-order valence-electron chi connectivity index (χ1n) is 8.94. The van der Waals surface area contributed by atoms with E-state index in [0.29, 0.717) is 28.9 Å². The predicted octanol–water partition coefficient (Wildman–Crippen LogP) is 1.21. The fraction of sp³-hybridized carbons (Fsp3) is 0.421. The lowest BCUT2D eigenvalue weighted by atomic mass is 10.2. The van der Waals surface area contributed by atoms with Crippen LogP contribution in [-0.4, -0.2) is 51.5 Å². The number of rotatable bonds is 4. The van der Waals surface area contributed by atoms with Crippen molar-refractivity contribution in [2.24, 2.45) is 7.05 Å². The van der Waals surface area contributed by atoms with E-state index >= 15 is 0 Å². The summed E-state index contributed by atoms with van der Waals surface area (Å²) >= 11 is 0. The molecule has 2 aromatic heterocycles. The van der Waals surface area contributed by atoms with Gasteiger partial charge in [-0.05, 0) is 6.07 Å². The van der Waals surface area contributed by atoms with Crippen molar-refractivity contribution in [2.45, 2.75) is 19.5 Å². The van der Waals surface area contributed by atoms with Gasteiger partial charge in [-0.25, -0.2) is 4.98 Å². The average Bonchev–Trinajstić information content (AvgIpc) is 2.97. The van der Waals surface area contributed by atoms with Gasteiger partial charge in [0, 0.05) is 57.5 Å². The number of benzene rings is 1. The van der Waals surface area contributed by atoms with Crippen LogP contribution in [0.1, 0.15) is 11.4 Å². The van der Waals surface area contributed by atoms with Crippen molar-refractivity contribution >= 4 is 10.9 Å². The van der Waals surface area contributed by atoms with Crippen LogP contribution < -0.4 is 15.0 Å². The summed E-state index contributed by atoms with van der Waals surface area (Å²) in [5.41, 5.74) is 1.78. The molecule has 0 bridgehead atoms. The quantitative estimate of drug-likeness (QED) is 0.688. The topological polar surface area (TPSA) is 74.4 Å². The molecule has 0 saturated carbocycles. The zero-order chi connectivity index (χ0) is 19.0. The van der Waals surface area contributed by atoms with Gasteiger partial charge in [0.05, 0.1) is 31.3 Å². The van der Waals surface area contributed by atoms with Gasteiger partial charge in [-0.2, -0.15) is 5.10 Å². The van der Waals surface area contributed by atoms with Crippen LogP contribution in [0.4, 0.5) is 0 Å². The third-order valence-electron chi connectivity index (χ3n) is 4.99. The fourth-order valence-electron chi connectivity index (χ4n) is 3.60. The molecule has 3 aromatic rings. The first kappa shape index (κ1) is 17.5. The van der Waals surface area contributed by atoms with Crippen molar-refractivity contribution in [1.82, 2.24) is 24.2 Å². The van der Waals surface area contributed by atoms with Crippen LogP contribution in [0.3, 0.4) is 0 Å². The number of ether oxygens (including phenoxy) is 2. The van der Waals surface area contributed by atoms with Crippen LogP contribution in [0.5, 0.6) is 11.5 Å². The van der Waals surface area contributed by atoms with Crippen LogP contribution in [-0.2, 0) is 26.6 Å². The summed E-state index contributed by atoms with van der Waals surface area (Å²) in [5.74, 6) is 1.93. The Morgan fingerprint density at radius 2 is 1.89 bits per heavy atom. The van der Waals surface area contributed by atoms with E-state index < -0.39 is 0 Å². The van der Waals surface area contributed by atoms with Gasteiger partial charge in [0.2, 0.25) is 0 Å². The van der Waals surface area contributed by atoms with Gasteiger partial charge in [0.15, 0.2) is 11.5 Å². The number of aromatic nitrogens is 4. The summed E-state index contributed by atoms with van der Waals surface area (Å²) in [6, 6.07) is 3.49. The molecule has 0 radical (unpaired) electrons. The van der Waals surface area contributed by atoms with Crippen molar-refractivity contribution in [3.05, 3.63) is 46.3 Å². The highest BCUT2D eigenvalue weighted by Crippen LogP contribution is 2.30. The Hall–Kier alpha value is -2.87. The van der Waals surface area contributed by atoms with E-state index in [1.54, 1.807) is 35.6 Å².